The molecule has 0 rings (SSSR count). The summed E-state index contributed by atoms with van der Waals surface area (Å²) < 4.78 is 11.0. The molecule has 0 unspecified atom stereocenters. The summed E-state index contributed by atoms with van der Waals surface area (Å²) in [6.45, 7) is 10.9. The average molecular weight is 217 g/mol. The Balaban J connectivity index is 2.99. The third kappa shape index (κ3) is 13.9. The number of hydrogen-bond acceptors (Lipinski definition) is 3. The van der Waals surface area contributed by atoms with Gasteiger partial charge in [0.05, 0.1) is 6.61 Å². The molecule has 0 fully saturated rings. The van der Waals surface area contributed by atoms with Gasteiger partial charge in [-0.05, 0) is 31.8 Å². The Bertz CT molecular complexity index is 132. The van der Waals surface area contributed by atoms with Crippen LogP contribution in [0.5, 0.6) is 0 Å². The summed E-state index contributed by atoms with van der Waals surface area (Å²) in [5.74, 6) is 0. The summed E-state index contributed by atoms with van der Waals surface area (Å²) in [5.41, 5.74) is 0.271. The summed E-state index contributed by atoms with van der Waals surface area (Å²) in [7, 11) is 1.96. The van der Waals surface area contributed by atoms with Crippen molar-refractivity contribution in [2.45, 2.75) is 33.6 Å². The van der Waals surface area contributed by atoms with Crippen LogP contribution >= 0.6 is 0 Å². The molecule has 15 heavy (non-hydrogen) atoms. The van der Waals surface area contributed by atoms with Crippen LogP contribution in [0.1, 0.15) is 33.6 Å². The van der Waals surface area contributed by atoms with E-state index in [0.29, 0.717) is 0 Å². The lowest BCUT2D eigenvalue weighted by atomic mass is 9.99. The smallest absolute Gasteiger partial charge is 0.0514 e. The van der Waals surface area contributed by atoms with Gasteiger partial charge in [0.25, 0.3) is 0 Å². The lowest BCUT2D eigenvalue weighted by Crippen LogP contribution is -2.16. The summed E-state index contributed by atoms with van der Waals surface area (Å²) in [4.78, 5) is 0. The van der Waals surface area contributed by atoms with E-state index < -0.39 is 0 Å². The maximum absolute atomic E-state index is 5.53. The second-order valence-corrected chi connectivity index (χ2v) is 5.04. The van der Waals surface area contributed by atoms with E-state index in [1.54, 1.807) is 0 Å². The molecule has 0 saturated heterocycles. The average Bonchev–Trinajstić information content (AvgIpc) is 2.14. The van der Waals surface area contributed by atoms with Crippen molar-refractivity contribution in [3.05, 3.63) is 0 Å². The normalized spacial score (nSPS) is 12.0. The fourth-order valence-corrected chi connectivity index (χ4v) is 1.09. The zero-order valence-electron chi connectivity index (χ0n) is 10.8. The van der Waals surface area contributed by atoms with Crippen molar-refractivity contribution in [3.63, 3.8) is 0 Å². The Morgan fingerprint density at radius 2 is 1.53 bits per heavy atom. The first kappa shape index (κ1) is 14.9. The van der Waals surface area contributed by atoms with Gasteiger partial charge in [0, 0.05) is 19.8 Å². The van der Waals surface area contributed by atoms with E-state index in [4.69, 9.17) is 9.47 Å². The maximum Gasteiger partial charge on any atom is 0.0514 e. The Morgan fingerprint density at radius 1 is 0.933 bits per heavy atom. The molecule has 0 amide bonds. The second kappa shape index (κ2) is 9.13. The van der Waals surface area contributed by atoms with Gasteiger partial charge >= 0.3 is 0 Å². The minimum atomic E-state index is 0.271. The van der Waals surface area contributed by atoms with E-state index in [1.807, 2.05) is 7.05 Å². The zero-order valence-corrected chi connectivity index (χ0v) is 10.8. The number of nitrogens with one attached hydrogen (secondary N) is 1. The molecule has 0 atom stereocenters. The SMILES string of the molecule is CNCCCOCCCOCC(C)(C)C. The van der Waals surface area contributed by atoms with Gasteiger partial charge in [-0.25, -0.2) is 0 Å². The Labute approximate surface area is 94.5 Å². The lowest BCUT2D eigenvalue weighted by molar-refractivity contribution is 0.0481. The van der Waals surface area contributed by atoms with E-state index in [0.717, 1.165) is 45.8 Å². The summed E-state index contributed by atoms with van der Waals surface area (Å²) in [6.07, 6.45) is 2.08. The molecule has 0 saturated carbocycles. The van der Waals surface area contributed by atoms with E-state index in [-0.39, 0.29) is 5.41 Å². The highest BCUT2D eigenvalue weighted by atomic mass is 16.5. The van der Waals surface area contributed by atoms with Gasteiger partial charge in [0.2, 0.25) is 0 Å². The quantitative estimate of drug-likeness (QED) is 0.600. The van der Waals surface area contributed by atoms with Gasteiger partial charge in [-0.15, -0.1) is 0 Å². The Morgan fingerprint density at radius 3 is 2.13 bits per heavy atom. The van der Waals surface area contributed by atoms with Crippen molar-refractivity contribution in [3.8, 4) is 0 Å². The van der Waals surface area contributed by atoms with Crippen LogP contribution < -0.4 is 5.32 Å². The molecule has 3 heteroatoms. The molecule has 1 N–H and O–H groups in total. The fraction of sp³-hybridized carbons (Fsp3) is 1.00. The molecule has 0 spiro atoms. The van der Waals surface area contributed by atoms with Crippen molar-refractivity contribution < 1.29 is 9.47 Å². The van der Waals surface area contributed by atoms with Gasteiger partial charge in [0.15, 0.2) is 0 Å². The van der Waals surface area contributed by atoms with Crippen LogP contribution in [0.2, 0.25) is 0 Å². The van der Waals surface area contributed by atoms with Crippen molar-refractivity contribution in [1.82, 2.24) is 5.32 Å². The summed E-state index contributed by atoms with van der Waals surface area (Å²) in [5, 5.41) is 3.09. The molecule has 0 bridgehead atoms. The Kier molecular flexibility index (Phi) is 9.06. The summed E-state index contributed by atoms with van der Waals surface area (Å²) in [6, 6.07) is 0. The lowest BCUT2D eigenvalue weighted by Gasteiger charge is -2.17. The molecule has 0 radical (unpaired) electrons. The highest BCUT2D eigenvalue weighted by Crippen LogP contribution is 2.12. The van der Waals surface area contributed by atoms with Crippen LogP contribution in [-0.2, 0) is 9.47 Å². The fourth-order valence-electron chi connectivity index (χ4n) is 1.09. The molecular weight excluding hydrogens is 190 g/mol. The minimum Gasteiger partial charge on any atom is -0.381 e. The minimum absolute atomic E-state index is 0.271. The molecule has 92 valence electrons. The third-order valence-electron chi connectivity index (χ3n) is 1.83. The first-order valence-corrected chi connectivity index (χ1v) is 5.86. The topological polar surface area (TPSA) is 30.5 Å². The van der Waals surface area contributed by atoms with Gasteiger partial charge < -0.3 is 14.8 Å². The second-order valence-electron chi connectivity index (χ2n) is 5.04. The van der Waals surface area contributed by atoms with Crippen LogP contribution in [0.25, 0.3) is 0 Å². The van der Waals surface area contributed by atoms with Gasteiger partial charge in [-0.3, -0.25) is 0 Å². The Hall–Kier alpha value is -0.120. The van der Waals surface area contributed by atoms with Crippen molar-refractivity contribution >= 4 is 0 Å². The molecule has 3 nitrogen and oxygen atoms in total. The van der Waals surface area contributed by atoms with Crippen molar-refractivity contribution in [1.29, 1.82) is 0 Å². The molecule has 0 aliphatic carbocycles. The van der Waals surface area contributed by atoms with E-state index in [2.05, 4.69) is 26.1 Å². The van der Waals surface area contributed by atoms with Crippen LogP contribution in [0.4, 0.5) is 0 Å². The molecule has 0 aromatic rings. The van der Waals surface area contributed by atoms with E-state index in [1.165, 1.54) is 0 Å². The maximum atomic E-state index is 5.53. The van der Waals surface area contributed by atoms with E-state index >= 15 is 0 Å². The summed E-state index contributed by atoms with van der Waals surface area (Å²) >= 11 is 0. The third-order valence-corrected chi connectivity index (χ3v) is 1.83. The molecular formula is C12H27NO2. The molecule has 0 heterocycles. The van der Waals surface area contributed by atoms with Crippen LogP contribution in [0.3, 0.4) is 0 Å². The molecule has 0 aromatic carbocycles. The van der Waals surface area contributed by atoms with Crippen LogP contribution in [0, 0.1) is 5.41 Å². The molecule has 0 aliphatic heterocycles. The first-order valence-electron chi connectivity index (χ1n) is 5.86. The van der Waals surface area contributed by atoms with Gasteiger partial charge in [-0.2, -0.15) is 0 Å². The van der Waals surface area contributed by atoms with Gasteiger partial charge in [0.1, 0.15) is 0 Å². The molecule has 0 aliphatic rings. The highest BCUT2D eigenvalue weighted by molar-refractivity contribution is 4.58. The van der Waals surface area contributed by atoms with Crippen LogP contribution in [-0.4, -0.2) is 40.0 Å². The predicted molar refractivity (Wildman–Crippen MR) is 64.3 cm³/mol. The highest BCUT2D eigenvalue weighted by Gasteiger charge is 2.09. The predicted octanol–water partition coefficient (Wildman–Crippen LogP) is 2.07. The largest absolute Gasteiger partial charge is 0.381 e. The van der Waals surface area contributed by atoms with Crippen molar-refractivity contribution in [2.24, 2.45) is 5.41 Å². The van der Waals surface area contributed by atoms with E-state index in [9.17, 15) is 0 Å². The molecule has 0 aromatic heterocycles. The number of hydrogen-bond donors (Lipinski definition) is 1. The number of rotatable bonds is 9. The standard InChI is InChI=1S/C12H27NO2/c1-12(2,3)11-15-10-6-9-14-8-5-7-13-4/h13H,5-11H2,1-4H3. The van der Waals surface area contributed by atoms with Gasteiger partial charge in [-0.1, -0.05) is 20.8 Å². The zero-order chi connectivity index (χ0) is 11.6. The first-order chi connectivity index (χ1) is 7.06. The number of ether oxygens (including phenoxy) is 2. The van der Waals surface area contributed by atoms with Crippen molar-refractivity contribution in [2.75, 3.05) is 40.0 Å². The monoisotopic (exact) mass is 217 g/mol. The van der Waals surface area contributed by atoms with Crippen LogP contribution in [0.15, 0.2) is 0 Å².